The molecular weight excluding hydrogens is 482 g/mol. The first-order valence-electron chi connectivity index (χ1n) is 13.5. The molecule has 4 aliphatic carbocycles. The fraction of sp³-hybridized carbons (Fsp3) is 0.548. The van der Waals surface area contributed by atoms with Crippen molar-refractivity contribution in [2.75, 3.05) is 6.61 Å². The molecule has 0 unspecified atom stereocenters. The van der Waals surface area contributed by atoms with Crippen molar-refractivity contribution >= 4 is 22.7 Å². The van der Waals surface area contributed by atoms with Gasteiger partial charge in [-0.2, -0.15) is 0 Å². The van der Waals surface area contributed by atoms with Crippen molar-refractivity contribution in [3.8, 4) is 0 Å². The van der Waals surface area contributed by atoms with Gasteiger partial charge < -0.3 is 24.6 Å². The van der Waals surface area contributed by atoms with E-state index in [1.54, 1.807) is 30.7 Å². The van der Waals surface area contributed by atoms with Crippen molar-refractivity contribution in [3.05, 3.63) is 58.8 Å². The fourth-order valence-corrected chi connectivity index (χ4v) is 8.63. The number of fused-ring (bicyclic) bond motifs is 4. The molecule has 1 aromatic heterocycles. The SMILES string of the molecule is CC1=C[C@]23C(=O)[C@@H](C=C(CO)[C@@H](O)[C@]2(O)[C@H]1OC(=O)c1c(C)c2ccccc2n1C)[C@H]1[C@@H](C[C@H]3C)C1(C)C. The molecule has 38 heavy (non-hydrogen) atoms. The zero-order chi connectivity index (χ0) is 27.5. The van der Waals surface area contributed by atoms with Gasteiger partial charge in [-0.3, -0.25) is 4.79 Å². The summed E-state index contributed by atoms with van der Waals surface area (Å²) in [7, 11) is 1.79. The Hall–Kier alpha value is -2.74. The minimum Gasteiger partial charge on any atom is -0.450 e. The molecule has 8 atom stereocenters. The first-order valence-corrected chi connectivity index (χ1v) is 13.5. The number of ether oxygens (including phenoxy) is 1. The summed E-state index contributed by atoms with van der Waals surface area (Å²) < 4.78 is 7.87. The highest BCUT2D eigenvalue weighted by atomic mass is 16.6. The molecule has 4 aliphatic rings. The normalized spacial score (nSPS) is 39.0. The number of hydrogen-bond donors (Lipinski definition) is 3. The third-order valence-electron chi connectivity index (χ3n) is 10.7. The highest BCUT2D eigenvalue weighted by Crippen LogP contribution is 2.71. The number of nitrogens with zero attached hydrogens (tertiary/aromatic N) is 1. The predicted molar refractivity (Wildman–Crippen MR) is 142 cm³/mol. The maximum Gasteiger partial charge on any atom is 0.355 e. The van der Waals surface area contributed by atoms with Crippen LogP contribution in [0.1, 0.15) is 50.2 Å². The van der Waals surface area contributed by atoms with Gasteiger partial charge in [-0.25, -0.2) is 4.79 Å². The summed E-state index contributed by atoms with van der Waals surface area (Å²) in [6.07, 6.45) is 1.32. The summed E-state index contributed by atoms with van der Waals surface area (Å²) in [5.41, 5.74) is -0.918. The van der Waals surface area contributed by atoms with Gasteiger partial charge >= 0.3 is 5.97 Å². The van der Waals surface area contributed by atoms with Crippen LogP contribution < -0.4 is 0 Å². The Bertz CT molecular complexity index is 1410. The molecule has 0 saturated heterocycles. The monoisotopic (exact) mass is 519 g/mol. The molecule has 7 nitrogen and oxygen atoms in total. The number of aliphatic hydroxyl groups is 3. The average molecular weight is 520 g/mol. The smallest absolute Gasteiger partial charge is 0.355 e. The number of hydrogen-bond acceptors (Lipinski definition) is 6. The Balaban J connectivity index is 1.48. The van der Waals surface area contributed by atoms with Gasteiger partial charge in [0.15, 0.2) is 17.5 Å². The number of Topliss-reactive ketones (excluding diaryl/α,β-unsaturated/α-hetero) is 1. The third kappa shape index (κ3) is 2.85. The summed E-state index contributed by atoms with van der Waals surface area (Å²) in [6, 6.07) is 7.68. The molecule has 6 rings (SSSR count). The van der Waals surface area contributed by atoms with E-state index in [0.717, 1.165) is 16.5 Å². The van der Waals surface area contributed by atoms with Gasteiger partial charge in [0.2, 0.25) is 0 Å². The molecule has 1 heterocycles. The van der Waals surface area contributed by atoms with Crippen LogP contribution in [0.15, 0.2) is 47.6 Å². The van der Waals surface area contributed by atoms with Crippen molar-refractivity contribution in [2.45, 2.75) is 58.8 Å². The maximum atomic E-state index is 14.5. The molecule has 0 aliphatic heterocycles. The Morgan fingerprint density at radius 3 is 2.55 bits per heavy atom. The topological polar surface area (TPSA) is 109 Å². The molecule has 3 N–H and O–H groups in total. The Labute approximate surface area is 222 Å². The van der Waals surface area contributed by atoms with Gasteiger partial charge in [0.05, 0.1) is 12.0 Å². The number of aliphatic hydroxyl groups excluding tert-OH is 2. The van der Waals surface area contributed by atoms with Gasteiger partial charge in [0.1, 0.15) is 11.8 Å². The number of allylic oxidation sites excluding steroid dienone is 1. The van der Waals surface area contributed by atoms with E-state index in [1.807, 2.05) is 38.1 Å². The zero-order valence-corrected chi connectivity index (χ0v) is 22.9. The summed E-state index contributed by atoms with van der Waals surface area (Å²) >= 11 is 0. The summed E-state index contributed by atoms with van der Waals surface area (Å²) in [6.45, 7) is 9.37. The van der Waals surface area contributed by atoms with Crippen molar-refractivity contribution in [1.82, 2.24) is 4.57 Å². The standard InChI is InChI=1S/C31H37NO6/c1-15-13-30-16(2)11-21-23(29(21,4)5)20(26(30)35)12-18(14-33)25(34)31(30,37)27(15)38-28(36)24-17(3)19-9-7-8-10-22(19)32(24)6/h7-10,12-13,16,20-21,23,25,27,33-34,37H,11,14H2,1-6H3/t16-,20+,21-,23+,25-,27+,30+,31+/m1/s1. The lowest BCUT2D eigenvalue weighted by Crippen LogP contribution is -2.65. The molecule has 7 heteroatoms. The lowest BCUT2D eigenvalue weighted by atomic mass is 9.59. The highest BCUT2D eigenvalue weighted by Gasteiger charge is 2.76. The van der Waals surface area contributed by atoms with Crippen LogP contribution in [-0.4, -0.2) is 56.1 Å². The summed E-state index contributed by atoms with van der Waals surface area (Å²) in [5, 5.41) is 35.5. The average Bonchev–Trinajstić information content (AvgIpc) is 3.24. The van der Waals surface area contributed by atoms with E-state index in [2.05, 4.69) is 13.8 Å². The quantitative estimate of drug-likeness (QED) is 0.423. The van der Waals surface area contributed by atoms with Crippen LogP contribution in [0.5, 0.6) is 0 Å². The predicted octanol–water partition coefficient (Wildman–Crippen LogP) is 3.48. The first-order chi connectivity index (χ1) is 17.8. The number of aryl methyl sites for hydroxylation is 2. The maximum absolute atomic E-state index is 14.5. The van der Waals surface area contributed by atoms with E-state index >= 15 is 0 Å². The number of para-hydroxylation sites is 1. The molecule has 2 bridgehead atoms. The lowest BCUT2D eigenvalue weighted by molar-refractivity contribution is -0.190. The number of carbonyl (C=O) groups is 2. The van der Waals surface area contributed by atoms with E-state index in [9.17, 15) is 24.9 Å². The molecule has 1 spiro atoms. The largest absolute Gasteiger partial charge is 0.450 e. The highest BCUT2D eigenvalue weighted by molar-refractivity contribution is 5.99. The van der Waals surface area contributed by atoms with Gasteiger partial charge in [-0.05, 0) is 66.2 Å². The van der Waals surface area contributed by atoms with Gasteiger partial charge in [-0.1, -0.05) is 51.1 Å². The number of carbonyl (C=O) groups excluding carboxylic acids is 2. The second-order valence-corrected chi connectivity index (χ2v) is 12.7. The van der Waals surface area contributed by atoms with E-state index < -0.39 is 41.7 Å². The van der Waals surface area contributed by atoms with Crippen LogP contribution in [0.3, 0.4) is 0 Å². The van der Waals surface area contributed by atoms with Crippen LogP contribution in [0.2, 0.25) is 0 Å². The summed E-state index contributed by atoms with van der Waals surface area (Å²) in [4.78, 5) is 28.2. The number of aromatic nitrogens is 1. The van der Waals surface area contributed by atoms with Crippen molar-refractivity contribution in [2.24, 2.45) is 41.5 Å². The van der Waals surface area contributed by atoms with Crippen molar-refractivity contribution in [1.29, 1.82) is 0 Å². The third-order valence-corrected chi connectivity index (χ3v) is 10.7. The van der Waals surface area contributed by atoms with Crippen LogP contribution >= 0.6 is 0 Å². The van der Waals surface area contributed by atoms with E-state index in [0.29, 0.717) is 17.7 Å². The Morgan fingerprint density at radius 1 is 1.21 bits per heavy atom. The zero-order valence-electron chi connectivity index (χ0n) is 22.9. The molecule has 2 fully saturated rings. The van der Waals surface area contributed by atoms with Crippen LogP contribution in [-0.2, 0) is 16.6 Å². The van der Waals surface area contributed by atoms with E-state index in [1.165, 1.54) is 0 Å². The summed E-state index contributed by atoms with van der Waals surface area (Å²) in [5.74, 6) is -1.28. The first kappa shape index (κ1) is 25.5. The molecule has 0 amide bonds. The van der Waals surface area contributed by atoms with Crippen molar-refractivity contribution < 1.29 is 29.6 Å². The van der Waals surface area contributed by atoms with E-state index in [4.69, 9.17) is 4.74 Å². The van der Waals surface area contributed by atoms with Gasteiger partial charge in [-0.15, -0.1) is 0 Å². The number of esters is 1. The Morgan fingerprint density at radius 2 is 1.89 bits per heavy atom. The molecule has 1 aromatic carbocycles. The lowest BCUT2D eigenvalue weighted by Gasteiger charge is -2.48. The van der Waals surface area contributed by atoms with Crippen LogP contribution in [0.25, 0.3) is 10.9 Å². The van der Waals surface area contributed by atoms with Gasteiger partial charge in [0.25, 0.3) is 0 Å². The molecular formula is C31H37NO6. The molecule has 202 valence electrons. The molecule has 2 aromatic rings. The van der Waals surface area contributed by atoms with Crippen LogP contribution in [0, 0.1) is 41.4 Å². The minimum atomic E-state index is -2.15. The number of benzene rings is 1. The Kier molecular flexibility index (Phi) is 5.31. The van der Waals surface area contributed by atoms with Gasteiger partial charge in [0, 0.05) is 23.9 Å². The van der Waals surface area contributed by atoms with E-state index in [-0.39, 0.29) is 34.5 Å². The second-order valence-electron chi connectivity index (χ2n) is 12.7. The van der Waals surface area contributed by atoms with Crippen molar-refractivity contribution in [3.63, 3.8) is 0 Å². The number of ketones is 1. The minimum absolute atomic E-state index is 0.0457. The second kappa shape index (κ2) is 7.90. The molecule has 0 radical (unpaired) electrons. The molecule has 2 saturated carbocycles. The fourth-order valence-electron chi connectivity index (χ4n) is 8.63. The van der Waals surface area contributed by atoms with Crippen LogP contribution in [0.4, 0.5) is 0 Å². The number of rotatable bonds is 3.